The molecule has 3 nitrogen and oxygen atoms in total. The maximum atomic E-state index is 13.3. The van der Waals surface area contributed by atoms with Crippen molar-refractivity contribution in [3.05, 3.63) is 59.4 Å². The number of halogens is 2. The lowest BCUT2D eigenvalue weighted by Gasteiger charge is -2.29. The van der Waals surface area contributed by atoms with Crippen LogP contribution in [0.3, 0.4) is 0 Å². The van der Waals surface area contributed by atoms with Crippen molar-refractivity contribution >= 4 is 29.7 Å². The van der Waals surface area contributed by atoms with Gasteiger partial charge in [0.1, 0.15) is 5.82 Å². The summed E-state index contributed by atoms with van der Waals surface area (Å²) in [6.45, 7) is 0.696. The fraction of sp³-hybridized carbons (Fsp3) is 0.278. The van der Waals surface area contributed by atoms with Crippen LogP contribution >= 0.6 is 12.4 Å². The number of carbonyl (C=O) groups is 1. The second-order valence-corrected chi connectivity index (χ2v) is 5.62. The topological polar surface area (TPSA) is 46.3 Å². The minimum atomic E-state index is -0.245. The van der Waals surface area contributed by atoms with E-state index in [0.717, 1.165) is 35.3 Å². The molecule has 0 saturated heterocycles. The van der Waals surface area contributed by atoms with E-state index in [1.165, 1.54) is 12.1 Å². The highest BCUT2D eigenvalue weighted by Crippen LogP contribution is 2.28. The first-order valence-electron chi connectivity index (χ1n) is 7.57. The maximum Gasteiger partial charge on any atom is 0.227 e. The molecule has 1 aliphatic heterocycles. The first-order valence-corrected chi connectivity index (χ1v) is 7.57. The van der Waals surface area contributed by atoms with Gasteiger partial charge < -0.3 is 10.6 Å². The van der Waals surface area contributed by atoms with Crippen molar-refractivity contribution in [2.45, 2.75) is 25.7 Å². The van der Waals surface area contributed by atoms with Crippen molar-refractivity contribution in [1.82, 2.24) is 0 Å². The first-order chi connectivity index (χ1) is 10.6. The standard InChI is InChI=1S/C18H19FN2O.ClH/c19-15-8-9-17-14(12-15)5-3-11-21(17)18(22)10-7-13-4-1-2-6-16(13)20;/h1-2,4,6,8-9,12H,3,5,7,10-11,20H2;1H. The zero-order valence-electron chi connectivity index (χ0n) is 12.8. The minimum Gasteiger partial charge on any atom is -0.399 e. The van der Waals surface area contributed by atoms with Gasteiger partial charge in [-0.2, -0.15) is 0 Å². The van der Waals surface area contributed by atoms with Crippen molar-refractivity contribution in [2.24, 2.45) is 0 Å². The van der Waals surface area contributed by atoms with Crippen molar-refractivity contribution in [2.75, 3.05) is 17.2 Å². The molecular weight excluding hydrogens is 315 g/mol. The van der Waals surface area contributed by atoms with Crippen LogP contribution in [0.5, 0.6) is 0 Å². The van der Waals surface area contributed by atoms with Crippen LogP contribution in [0, 0.1) is 5.82 Å². The summed E-state index contributed by atoms with van der Waals surface area (Å²) in [7, 11) is 0. The van der Waals surface area contributed by atoms with E-state index in [0.29, 0.717) is 19.4 Å². The number of carbonyl (C=O) groups excluding carboxylic acids is 1. The molecule has 5 heteroatoms. The van der Waals surface area contributed by atoms with Crippen molar-refractivity contribution < 1.29 is 9.18 Å². The van der Waals surface area contributed by atoms with Gasteiger partial charge in [-0.15, -0.1) is 12.4 Å². The molecule has 23 heavy (non-hydrogen) atoms. The second kappa shape index (κ2) is 7.47. The third kappa shape index (κ3) is 3.82. The van der Waals surface area contributed by atoms with Gasteiger partial charge in [-0.1, -0.05) is 18.2 Å². The van der Waals surface area contributed by atoms with Gasteiger partial charge in [-0.25, -0.2) is 4.39 Å². The Morgan fingerprint density at radius 1 is 1.22 bits per heavy atom. The van der Waals surface area contributed by atoms with Gasteiger partial charge in [0.05, 0.1) is 0 Å². The Bertz CT molecular complexity index is 705. The molecule has 1 amide bonds. The summed E-state index contributed by atoms with van der Waals surface area (Å²) in [5.74, 6) is -0.180. The van der Waals surface area contributed by atoms with Crippen molar-refractivity contribution in [1.29, 1.82) is 0 Å². The van der Waals surface area contributed by atoms with Crippen LogP contribution in [0.4, 0.5) is 15.8 Å². The van der Waals surface area contributed by atoms with Crippen LogP contribution in [0.15, 0.2) is 42.5 Å². The van der Waals surface area contributed by atoms with E-state index in [2.05, 4.69) is 0 Å². The number of rotatable bonds is 3. The van der Waals surface area contributed by atoms with Gasteiger partial charge >= 0.3 is 0 Å². The van der Waals surface area contributed by atoms with E-state index in [4.69, 9.17) is 5.73 Å². The molecule has 0 radical (unpaired) electrons. The lowest BCUT2D eigenvalue weighted by atomic mass is 10.0. The van der Waals surface area contributed by atoms with Crippen LogP contribution in [-0.4, -0.2) is 12.5 Å². The first kappa shape index (κ1) is 17.3. The molecule has 1 heterocycles. The van der Waals surface area contributed by atoms with Crippen LogP contribution < -0.4 is 10.6 Å². The second-order valence-electron chi connectivity index (χ2n) is 5.62. The highest BCUT2D eigenvalue weighted by molar-refractivity contribution is 5.94. The molecule has 0 saturated carbocycles. The smallest absolute Gasteiger partial charge is 0.227 e. The van der Waals surface area contributed by atoms with E-state index in [-0.39, 0.29) is 24.1 Å². The fourth-order valence-electron chi connectivity index (χ4n) is 2.96. The minimum absolute atomic E-state index is 0. The summed E-state index contributed by atoms with van der Waals surface area (Å²) in [5, 5.41) is 0. The number of anilines is 2. The average molecular weight is 335 g/mol. The Kier molecular flexibility index (Phi) is 5.61. The summed E-state index contributed by atoms with van der Waals surface area (Å²) in [6, 6.07) is 12.3. The number of para-hydroxylation sites is 1. The number of aryl methyl sites for hydroxylation is 2. The Labute approximate surface area is 141 Å². The van der Waals surface area contributed by atoms with Gasteiger partial charge in [-0.3, -0.25) is 4.79 Å². The molecule has 0 bridgehead atoms. The van der Waals surface area contributed by atoms with Gasteiger partial charge in [0.15, 0.2) is 0 Å². The number of nitrogens with zero attached hydrogens (tertiary/aromatic N) is 1. The monoisotopic (exact) mass is 334 g/mol. The van der Waals surface area contributed by atoms with E-state index >= 15 is 0 Å². The Balaban J connectivity index is 0.00000192. The number of hydrogen-bond donors (Lipinski definition) is 1. The molecule has 2 aromatic carbocycles. The molecular formula is C18H20ClFN2O. The summed E-state index contributed by atoms with van der Waals surface area (Å²) in [6.07, 6.45) is 2.72. The van der Waals surface area contributed by atoms with Crippen LogP contribution in [0.1, 0.15) is 24.0 Å². The van der Waals surface area contributed by atoms with Gasteiger partial charge in [0, 0.05) is 24.3 Å². The quantitative estimate of drug-likeness (QED) is 0.869. The summed E-state index contributed by atoms with van der Waals surface area (Å²) in [4.78, 5) is 14.3. The van der Waals surface area contributed by atoms with Crippen LogP contribution in [0.25, 0.3) is 0 Å². The largest absolute Gasteiger partial charge is 0.399 e. The van der Waals surface area contributed by atoms with Crippen molar-refractivity contribution in [3.8, 4) is 0 Å². The Hall–Kier alpha value is -2.07. The van der Waals surface area contributed by atoms with E-state index in [1.807, 2.05) is 24.3 Å². The number of benzene rings is 2. The molecule has 0 aromatic heterocycles. The lowest BCUT2D eigenvalue weighted by Crippen LogP contribution is -2.35. The van der Waals surface area contributed by atoms with E-state index in [1.54, 1.807) is 11.0 Å². The lowest BCUT2D eigenvalue weighted by molar-refractivity contribution is -0.118. The molecule has 3 rings (SSSR count). The van der Waals surface area contributed by atoms with E-state index < -0.39 is 0 Å². The van der Waals surface area contributed by atoms with Gasteiger partial charge in [0.2, 0.25) is 5.91 Å². The normalized spacial score (nSPS) is 13.2. The predicted molar refractivity (Wildman–Crippen MR) is 93.5 cm³/mol. The predicted octanol–water partition coefficient (Wildman–Crippen LogP) is 3.74. The van der Waals surface area contributed by atoms with Crippen LogP contribution in [-0.2, 0) is 17.6 Å². The summed E-state index contributed by atoms with van der Waals surface area (Å²) < 4.78 is 13.3. The zero-order chi connectivity index (χ0) is 15.5. The third-order valence-electron chi connectivity index (χ3n) is 4.12. The highest BCUT2D eigenvalue weighted by atomic mass is 35.5. The van der Waals surface area contributed by atoms with Crippen LogP contribution in [0.2, 0.25) is 0 Å². The molecule has 2 aromatic rings. The number of amides is 1. The number of nitrogens with two attached hydrogens (primary N) is 1. The molecule has 122 valence electrons. The zero-order valence-corrected chi connectivity index (χ0v) is 13.6. The van der Waals surface area contributed by atoms with Gasteiger partial charge in [0.25, 0.3) is 0 Å². The molecule has 2 N–H and O–H groups in total. The van der Waals surface area contributed by atoms with Crippen molar-refractivity contribution in [3.63, 3.8) is 0 Å². The highest BCUT2D eigenvalue weighted by Gasteiger charge is 2.22. The summed E-state index contributed by atoms with van der Waals surface area (Å²) in [5.41, 5.74) is 9.39. The van der Waals surface area contributed by atoms with E-state index in [9.17, 15) is 9.18 Å². The number of fused-ring (bicyclic) bond motifs is 1. The molecule has 0 unspecified atom stereocenters. The maximum absolute atomic E-state index is 13.3. The Morgan fingerprint density at radius 2 is 2.00 bits per heavy atom. The summed E-state index contributed by atoms with van der Waals surface area (Å²) >= 11 is 0. The molecule has 0 atom stereocenters. The molecule has 0 spiro atoms. The molecule has 1 aliphatic rings. The fourth-order valence-corrected chi connectivity index (χ4v) is 2.96. The van der Waals surface area contributed by atoms with Gasteiger partial charge in [-0.05, 0) is 54.7 Å². The third-order valence-corrected chi connectivity index (χ3v) is 4.12. The SMILES string of the molecule is Cl.Nc1ccccc1CCC(=O)N1CCCc2cc(F)ccc21. The molecule has 0 fully saturated rings. The average Bonchev–Trinajstić information content (AvgIpc) is 2.53. The Morgan fingerprint density at radius 3 is 2.78 bits per heavy atom. The molecule has 0 aliphatic carbocycles. The number of nitrogen functional groups attached to an aromatic ring is 1. The number of hydrogen-bond acceptors (Lipinski definition) is 2.